The molecule has 2 heteroatoms. The Bertz CT molecular complexity index is 194. The molecule has 0 radical (unpaired) electrons. The van der Waals surface area contributed by atoms with E-state index in [9.17, 15) is 0 Å². The zero-order valence-corrected chi connectivity index (χ0v) is 9.93. The van der Waals surface area contributed by atoms with Crippen LogP contribution in [0.25, 0.3) is 0 Å². The number of hydrogen-bond donors (Lipinski definition) is 0. The van der Waals surface area contributed by atoms with Crippen LogP contribution in [0.1, 0.15) is 13.8 Å². The Balaban J connectivity index is 0.000001000. The maximum Gasteiger partial charge on any atom is -1.00 e. The van der Waals surface area contributed by atoms with Crippen molar-refractivity contribution in [3.63, 3.8) is 0 Å². The normalized spacial score (nSPS) is 27.8. The molecule has 0 aromatic heterocycles. The van der Waals surface area contributed by atoms with Gasteiger partial charge in [0.1, 0.15) is 0 Å². The van der Waals surface area contributed by atoms with Crippen molar-refractivity contribution >= 4 is 0 Å². The van der Waals surface area contributed by atoms with Gasteiger partial charge in [0.25, 0.3) is 0 Å². The Morgan fingerprint density at radius 2 is 1.91 bits per heavy atom. The van der Waals surface area contributed by atoms with E-state index in [-0.39, 0.29) is 12.4 Å². The summed E-state index contributed by atoms with van der Waals surface area (Å²) >= 11 is -0.803. The molecule has 1 aliphatic rings. The molecule has 0 N–H and O–H groups in total. The summed E-state index contributed by atoms with van der Waals surface area (Å²) in [6.45, 7) is 4.62. The molecule has 0 amide bonds. The molecule has 1 rings (SSSR count). The Labute approximate surface area is 82.0 Å². The van der Waals surface area contributed by atoms with Crippen molar-refractivity contribution in [2.45, 2.75) is 28.0 Å². The fourth-order valence-corrected chi connectivity index (χ4v) is 3.28. The van der Waals surface area contributed by atoms with E-state index < -0.39 is 17.9 Å². The van der Waals surface area contributed by atoms with Crippen LogP contribution in [-0.4, -0.2) is 0 Å². The maximum atomic E-state index is 2.44. The minimum atomic E-state index is -0.803. The fourth-order valence-electron chi connectivity index (χ4n) is 1.25. The van der Waals surface area contributed by atoms with Gasteiger partial charge in [-0.15, -0.1) is 0 Å². The first kappa shape index (κ1) is 11.5. The van der Waals surface area contributed by atoms with Crippen LogP contribution in [0.5, 0.6) is 0 Å². The smallest absolute Gasteiger partial charge is 1.00 e. The van der Waals surface area contributed by atoms with E-state index in [1.165, 1.54) is 0 Å². The summed E-state index contributed by atoms with van der Waals surface area (Å²) in [5.41, 5.74) is 1.56. The number of halogens is 1. The van der Waals surface area contributed by atoms with Crippen LogP contribution in [-0.2, 0) is 17.9 Å². The first-order valence-corrected chi connectivity index (χ1v) is 7.65. The monoisotopic (exact) mass is 206 g/mol. The summed E-state index contributed by atoms with van der Waals surface area (Å²) in [6, 6.07) is 0. The number of hydrogen-bond acceptors (Lipinski definition) is 0. The molecule has 0 aromatic carbocycles. The predicted molar refractivity (Wildman–Crippen MR) is 43.0 cm³/mol. The molecule has 0 fully saturated rings. The van der Waals surface area contributed by atoms with Gasteiger partial charge < -0.3 is 12.4 Å². The van der Waals surface area contributed by atoms with Gasteiger partial charge in [0.2, 0.25) is 0 Å². The second-order valence-corrected chi connectivity index (χ2v) is 8.16. The Hall–Kier alpha value is 0.484. The molecule has 0 saturated carbocycles. The van der Waals surface area contributed by atoms with Gasteiger partial charge in [-0.3, -0.25) is 0 Å². The third-order valence-electron chi connectivity index (χ3n) is 2.63. The minimum Gasteiger partial charge on any atom is -1.00 e. The van der Waals surface area contributed by atoms with Crippen molar-refractivity contribution in [2.75, 3.05) is 0 Å². The van der Waals surface area contributed by atoms with Gasteiger partial charge in [0, 0.05) is 0 Å². The fraction of sp³-hybridized carbons (Fsp3) is 0.556. The summed E-state index contributed by atoms with van der Waals surface area (Å²) in [5.74, 6) is 0. The summed E-state index contributed by atoms with van der Waals surface area (Å²) in [4.78, 5) is 0. The van der Waals surface area contributed by atoms with E-state index >= 15 is 0 Å². The van der Waals surface area contributed by atoms with Crippen LogP contribution >= 0.6 is 0 Å². The van der Waals surface area contributed by atoms with Crippen LogP contribution in [0.15, 0.2) is 23.8 Å². The van der Waals surface area contributed by atoms with Gasteiger partial charge in [-0.25, -0.2) is 0 Å². The minimum absolute atomic E-state index is 0. The van der Waals surface area contributed by atoms with Crippen LogP contribution in [0, 0.1) is 0 Å². The van der Waals surface area contributed by atoms with Gasteiger partial charge >= 0.3 is 69.7 Å². The van der Waals surface area contributed by atoms with E-state index in [0.29, 0.717) is 3.72 Å². The standard InChI is InChI=1S/C7H9.2CH3.ClH.Ti/c1-6-4-3-5-7(6)2;;;;/h3-5H,1-2H3;2*1H3;1H;/q;;;;+1/p-1. The quantitative estimate of drug-likeness (QED) is 0.545. The first-order valence-electron chi connectivity index (χ1n) is 3.74. The average Bonchev–Trinajstić information content (AvgIpc) is 2.15. The molecule has 62 valence electrons. The molecule has 0 bridgehead atoms. The molecule has 0 aromatic rings. The first-order chi connectivity index (χ1) is 4.57. The van der Waals surface area contributed by atoms with Gasteiger partial charge in [-0.1, -0.05) is 0 Å². The largest absolute Gasteiger partial charge is 1.00 e. The van der Waals surface area contributed by atoms with Gasteiger partial charge in [0.15, 0.2) is 0 Å². The molecule has 1 atom stereocenters. The zero-order valence-electron chi connectivity index (χ0n) is 7.61. The van der Waals surface area contributed by atoms with Crippen molar-refractivity contribution in [3.05, 3.63) is 23.8 Å². The van der Waals surface area contributed by atoms with E-state index in [0.717, 1.165) is 0 Å². The van der Waals surface area contributed by atoms with Gasteiger partial charge in [-0.2, -0.15) is 0 Å². The summed E-state index contributed by atoms with van der Waals surface area (Å²) < 4.78 is 0.500. The van der Waals surface area contributed by atoms with Crippen molar-refractivity contribution in [1.82, 2.24) is 0 Å². The molecule has 0 saturated heterocycles. The number of allylic oxidation sites excluding steroid dienone is 4. The average molecular weight is 207 g/mol. The second-order valence-electron chi connectivity index (χ2n) is 3.41. The molecule has 0 heterocycles. The Morgan fingerprint density at radius 3 is 2.09 bits per heavy atom. The molecule has 0 aliphatic heterocycles. The van der Waals surface area contributed by atoms with E-state index in [2.05, 4.69) is 42.5 Å². The Morgan fingerprint density at radius 1 is 1.36 bits per heavy atom. The SMILES string of the molecule is CC1=CC=C[C]1(C)[Ti+]([CH3])[CH3].[Cl-]. The van der Waals surface area contributed by atoms with Gasteiger partial charge in [0.05, 0.1) is 0 Å². The maximum absolute atomic E-state index is 2.44. The van der Waals surface area contributed by atoms with Crippen molar-refractivity contribution in [3.8, 4) is 0 Å². The third-order valence-corrected chi connectivity index (χ3v) is 6.75. The number of rotatable bonds is 1. The predicted octanol–water partition coefficient (Wildman–Crippen LogP) is 0.399. The van der Waals surface area contributed by atoms with Crippen LogP contribution in [0.2, 0.25) is 14.2 Å². The van der Waals surface area contributed by atoms with Crippen molar-refractivity contribution < 1.29 is 30.3 Å². The van der Waals surface area contributed by atoms with Crippen molar-refractivity contribution in [2.24, 2.45) is 0 Å². The van der Waals surface area contributed by atoms with Crippen molar-refractivity contribution in [1.29, 1.82) is 0 Å². The van der Waals surface area contributed by atoms with E-state index in [4.69, 9.17) is 0 Å². The third kappa shape index (κ3) is 1.99. The van der Waals surface area contributed by atoms with Crippen LogP contribution in [0.3, 0.4) is 0 Å². The summed E-state index contributed by atoms with van der Waals surface area (Å²) in [5, 5.41) is 4.88. The molecule has 0 nitrogen and oxygen atoms in total. The molecule has 1 aliphatic carbocycles. The van der Waals surface area contributed by atoms with E-state index in [1.54, 1.807) is 5.57 Å². The van der Waals surface area contributed by atoms with Crippen LogP contribution < -0.4 is 12.4 Å². The second kappa shape index (κ2) is 3.93. The Kier molecular flexibility index (Phi) is 4.11. The molecule has 11 heavy (non-hydrogen) atoms. The molecular weight excluding hydrogens is 191 g/mol. The van der Waals surface area contributed by atoms with Crippen LogP contribution in [0.4, 0.5) is 0 Å². The van der Waals surface area contributed by atoms with Gasteiger partial charge in [-0.05, 0) is 0 Å². The zero-order chi connectivity index (χ0) is 7.78. The molecule has 1 unspecified atom stereocenters. The molecule has 0 spiro atoms. The molecular formula is C9H15ClTi. The summed E-state index contributed by atoms with van der Waals surface area (Å²) in [6.07, 6.45) is 6.83. The van der Waals surface area contributed by atoms with E-state index in [1.807, 2.05) is 0 Å². The topological polar surface area (TPSA) is 0 Å². The summed E-state index contributed by atoms with van der Waals surface area (Å²) in [7, 11) is 0.